The summed E-state index contributed by atoms with van der Waals surface area (Å²) < 4.78 is 11.5. The molecule has 0 radical (unpaired) electrons. The Kier molecular flexibility index (Phi) is 3.29. The highest BCUT2D eigenvalue weighted by Crippen LogP contribution is 2.38. The third-order valence-corrected chi connectivity index (χ3v) is 4.08. The smallest absolute Gasteiger partial charge is 0.140 e. The lowest BCUT2D eigenvalue weighted by Crippen LogP contribution is -2.39. The van der Waals surface area contributed by atoms with E-state index in [1.165, 1.54) is 0 Å². The number of furan rings is 1. The lowest BCUT2D eigenvalue weighted by Gasteiger charge is -2.36. The first-order chi connectivity index (χ1) is 9.08. The number of aliphatic hydroxyl groups is 1. The van der Waals surface area contributed by atoms with E-state index >= 15 is 0 Å². The maximum atomic E-state index is 10.5. The first-order valence-electron chi connectivity index (χ1n) is 6.59. The largest absolute Gasteiger partial charge is 0.458 e. The van der Waals surface area contributed by atoms with E-state index in [9.17, 15) is 5.11 Å². The average Bonchev–Trinajstić information content (AvgIpc) is 2.81. The number of hydrogen-bond donors (Lipinski definition) is 1. The zero-order valence-corrected chi connectivity index (χ0v) is 11.6. The van der Waals surface area contributed by atoms with Gasteiger partial charge < -0.3 is 14.3 Å². The SMILES string of the molecule is CC1(C(O)c2cc3cc(Cl)ccc3o2)CCCCO1. The Balaban J connectivity index is 1.94. The topological polar surface area (TPSA) is 42.6 Å². The van der Waals surface area contributed by atoms with Gasteiger partial charge in [0, 0.05) is 17.0 Å². The maximum Gasteiger partial charge on any atom is 0.140 e. The van der Waals surface area contributed by atoms with Gasteiger partial charge in [-0.3, -0.25) is 0 Å². The first kappa shape index (κ1) is 13.0. The van der Waals surface area contributed by atoms with E-state index in [0.717, 1.165) is 30.2 Å². The van der Waals surface area contributed by atoms with Crippen molar-refractivity contribution >= 4 is 22.6 Å². The third kappa shape index (κ3) is 2.38. The molecule has 1 aromatic carbocycles. The molecule has 3 nitrogen and oxygen atoms in total. The molecule has 2 unspecified atom stereocenters. The number of fused-ring (bicyclic) bond motifs is 1. The van der Waals surface area contributed by atoms with Crippen molar-refractivity contribution in [3.8, 4) is 0 Å². The minimum absolute atomic E-state index is 0.543. The van der Waals surface area contributed by atoms with Gasteiger partial charge >= 0.3 is 0 Å². The Morgan fingerprint density at radius 2 is 2.16 bits per heavy atom. The molecule has 2 heterocycles. The van der Waals surface area contributed by atoms with Crippen LogP contribution in [0.4, 0.5) is 0 Å². The second-order valence-corrected chi connectivity index (χ2v) is 5.79. The summed E-state index contributed by atoms with van der Waals surface area (Å²) in [4.78, 5) is 0. The molecule has 102 valence electrons. The van der Waals surface area contributed by atoms with Gasteiger partial charge in [0.05, 0.1) is 5.60 Å². The van der Waals surface area contributed by atoms with E-state index in [4.69, 9.17) is 20.8 Å². The van der Waals surface area contributed by atoms with Gasteiger partial charge in [-0.1, -0.05) is 11.6 Å². The predicted molar refractivity (Wildman–Crippen MR) is 74.4 cm³/mol. The van der Waals surface area contributed by atoms with Crippen molar-refractivity contribution in [1.82, 2.24) is 0 Å². The third-order valence-electron chi connectivity index (χ3n) is 3.84. The highest BCUT2D eigenvalue weighted by molar-refractivity contribution is 6.31. The fourth-order valence-corrected chi connectivity index (χ4v) is 2.82. The molecular formula is C15H17ClO3. The average molecular weight is 281 g/mol. The van der Waals surface area contributed by atoms with Crippen molar-refractivity contribution in [2.75, 3.05) is 6.61 Å². The Morgan fingerprint density at radius 3 is 2.89 bits per heavy atom. The lowest BCUT2D eigenvalue weighted by atomic mass is 9.89. The molecule has 2 atom stereocenters. The van der Waals surface area contributed by atoms with Crippen LogP contribution in [-0.2, 0) is 4.74 Å². The quantitative estimate of drug-likeness (QED) is 0.901. The van der Waals surface area contributed by atoms with Crippen LogP contribution in [0.5, 0.6) is 0 Å². The number of rotatable bonds is 2. The van der Waals surface area contributed by atoms with Crippen LogP contribution in [0.2, 0.25) is 5.02 Å². The van der Waals surface area contributed by atoms with Crippen molar-refractivity contribution in [2.24, 2.45) is 0 Å². The Bertz CT molecular complexity index is 584. The van der Waals surface area contributed by atoms with Crippen LogP contribution in [-0.4, -0.2) is 17.3 Å². The molecule has 19 heavy (non-hydrogen) atoms. The fraction of sp³-hybridized carbons (Fsp3) is 0.467. The van der Waals surface area contributed by atoms with Crippen LogP contribution in [0.25, 0.3) is 11.0 Å². The monoisotopic (exact) mass is 280 g/mol. The Labute approximate surface area is 117 Å². The molecule has 1 aromatic heterocycles. The number of aliphatic hydroxyl groups excluding tert-OH is 1. The number of benzene rings is 1. The van der Waals surface area contributed by atoms with Gasteiger partial charge in [-0.15, -0.1) is 0 Å². The van der Waals surface area contributed by atoms with Gasteiger partial charge in [0.25, 0.3) is 0 Å². The van der Waals surface area contributed by atoms with Crippen molar-refractivity contribution in [2.45, 2.75) is 37.9 Å². The molecule has 0 amide bonds. The summed E-state index contributed by atoms with van der Waals surface area (Å²) in [6.45, 7) is 2.64. The number of ether oxygens (including phenoxy) is 1. The summed E-state index contributed by atoms with van der Waals surface area (Å²) in [5.41, 5.74) is 0.175. The van der Waals surface area contributed by atoms with E-state index in [0.29, 0.717) is 17.4 Å². The van der Waals surface area contributed by atoms with E-state index in [2.05, 4.69) is 0 Å². The number of halogens is 1. The molecular weight excluding hydrogens is 264 g/mol. The summed E-state index contributed by atoms with van der Waals surface area (Å²) in [5.74, 6) is 0.543. The summed E-state index contributed by atoms with van der Waals surface area (Å²) in [5, 5.41) is 12.1. The van der Waals surface area contributed by atoms with Crippen LogP contribution < -0.4 is 0 Å². The molecule has 0 aliphatic carbocycles. The van der Waals surface area contributed by atoms with E-state index < -0.39 is 11.7 Å². The van der Waals surface area contributed by atoms with Crippen molar-refractivity contribution < 1.29 is 14.3 Å². The van der Waals surface area contributed by atoms with Crippen molar-refractivity contribution in [3.05, 3.63) is 35.0 Å². The van der Waals surface area contributed by atoms with E-state index in [-0.39, 0.29) is 0 Å². The van der Waals surface area contributed by atoms with Crippen LogP contribution in [0.1, 0.15) is 38.1 Å². The Hall–Kier alpha value is -1.03. The second-order valence-electron chi connectivity index (χ2n) is 5.35. The van der Waals surface area contributed by atoms with Crippen molar-refractivity contribution in [3.63, 3.8) is 0 Å². The van der Waals surface area contributed by atoms with Gasteiger partial charge in [0.15, 0.2) is 0 Å². The molecule has 1 aliphatic rings. The van der Waals surface area contributed by atoms with Crippen LogP contribution in [0.15, 0.2) is 28.7 Å². The Morgan fingerprint density at radius 1 is 1.32 bits per heavy atom. The molecule has 1 fully saturated rings. The predicted octanol–water partition coefficient (Wildman–Crippen LogP) is 4.08. The highest BCUT2D eigenvalue weighted by Gasteiger charge is 2.38. The fourth-order valence-electron chi connectivity index (χ4n) is 2.64. The standard InChI is InChI=1S/C15H17ClO3/c1-15(6-2-3-7-18-15)14(17)13-9-10-8-11(16)4-5-12(10)19-13/h4-5,8-9,14,17H,2-3,6-7H2,1H3. The van der Waals surface area contributed by atoms with Crippen molar-refractivity contribution in [1.29, 1.82) is 0 Å². The summed E-state index contributed by atoms with van der Waals surface area (Å²) in [6.07, 6.45) is 2.21. The zero-order chi connectivity index (χ0) is 13.5. The van der Waals surface area contributed by atoms with E-state index in [1.54, 1.807) is 6.07 Å². The number of hydrogen-bond acceptors (Lipinski definition) is 3. The molecule has 1 N–H and O–H groups in total. The molecule has 0 saturated carbocycles. The normalized spacial score (nSPS) is 25.6. The summed E-state index contributed by atoms with van der Waals surface area (Å²) in [6, 6.07) is 7.27. The minimum atomic E-state index is -0.751. The maximum absolute atomic E-state index is 10.5. The summed E-state index contributed by atoms with van der Waals surface area (Å²) in [7, 11) is 0. The van der Waals surface area contributed by atoms with Gasteiger partial charge in [0.2, 0.25) is 0 Å². The lowest BCUT2D eigenvalue weighted by molar-refractivity contribution is -0.143. The van der Waals surface area contributed by atoms with Crippen LogP contribution in [0, 0.1) is 0 Å². The highest BCUT2D eigenvalue weighted by atomic mass is 35.5. The molecule has 0 bridgehead atoms. The molecule has 3 rings (SSSR count). The summed E-state index contributed by atoms with van der Waals surface area (Å²) >= 11 is 5.95. The molecule has 1 aliphatic heterocycles. The van der Waals surface area contributed by atoms with Gasteiger partial charge in [0.1, 0.15) is 17.4 Å². The molecule has 1 saturated heterocycles. The van der Waals surface area contributed by atoms with E-state index in [1.807, 2.05) is 25.1 Å². The minimum Gasteiger partial charge on any atom is -0.458 e. The van der Waals surface area contributed by atoms with Crippen LogP contribution >= 0.6 is 11.6 Å². The van der Waals surface area contributed by atoms with Gasteiger partial charge in [-0.05, 0) is 50.5 Å². The van der Waals surface area contributed by atoms with Gasteiger partial charge in [-0.25, -0.2) is 0 Å². The molecule has 0 spiro atoms. The second kappa shape index (κ2) is 4.82. The van der Waals surface area contributed by atoms with Gasteiger partial charge in [-0.2, -0.15) is 0 Å². The molecule has 4 heteroatoms. The van der Waals surface area contributed by atoms with Crippen LogP contribution in [0.3, 0.4) is 0 Å². The molecule has 2 aromatic rings. The first-order valence-corrected chi connectivity index (χ1v) is 6.97. The zero-order valence-electron chi connectivity index (χ0n) is 10.9.